The zero-order valence-corrected chi connectivity index (χ0v) is 9.95. The third-order valence-corrected chi connectivity index (χ3v) is 3.27. The van der Waals surface area contributed by atoms with Crippen LogP contribution in [0, 0.1) is 17.7 Å². The van der Waals surface area contributed by atoms with Crippen molar-refractivity contribution in [3.8, 4) is 5.75 Å². The Kier molecular flexibility index (Phi) is 3.47. The lowest BCUT2D eigenvalue weighted by atomic mass is 9.82. The van der Waals surface area contributed by atoms with Crippen molar-refractivity contribution in [2.45, 2.75) is 39.2 Å². The molecule has 0 aliphatic heterocycles. The van der Waals surface area contributed by atoms with E-state index in [9.17, 15) is 4.39 Å². The standard InChI is InChI=1S/C14H19FO/c1-10-7-11(2)9-12(8-10)16-14-6-4-3-5-13(14)15/h3-6,10-12H,7-9H2,1-2H3. The molecule has 1 aliphatic carbocycles. The first-order chi connectivity index (χ1) is 7.65. The van der Waals surface area contributed by atoms with Gasteiger partial charge in [0.15, 0.2) is 11.6 Å². The second-order valence-electron chi connectivity index (χ2n) is 5.09. The van der Waals surface area contributed by atoms with Crippen LogP contribution in [0.4, 0.5) is 4.39 Å². The molecule has 2 atom stereocenters. The molecule has 2 unspecified atom stereocenters. The van der Waals surface area contributed by atoms with E-state index in [-0.39, 0.29) is 11.9 Å². The van der Waals surface area contributed by atoms with Crippen molar-refractivity contribution < 1.29 is 9.13 Å². The van der Waals surface area contributed by atoms with Gasteiger partial charge < -0.3 is 4.74 Å². The van der Waals surface area contributed by atoms with Crippen LogP contribution in [0.1, 0.15) is 33.1 Å². The molecule has 1 aromatic carbocycles. The number of hydrogen-bond acceptors (Lipinski definition) is 1. The molecule has 16 heavy (non-hydrogen) atoms. The van der Waals surface area contributed by atoms with Crippen molar-refractivity contribution in [3.63, 3.8) is 0 Å². The van der Waals surface area contributed by atoms with E-state index in [0.29, 0.717) is 17.6 Å². The highest BCUT2D eigenvalue weighted by molar-refractivity contribution is 5.23. The summed E-state index contributed by atoms with van der Waals surface area (Å²) in [6, 6.07) is 6.66. The predicted octanol–water partition coefficient (Wildman–Crippen LogP) is 4.03. The molecule has 1 fully saturated rings. The average Bonchev–Trinajstić information content (AvgIpc) is 2.20. The molecule has 0 radical (unpaired) electrons. The minimum absolute atomic E-state index is 0.177. The van der Waals surface area contributed by atoms with Crippen LogP contribution in [0.2, 0.25) is 0 Å². The topological polar surface area (TPSA) is 9.23 Å². The molecule has 0 saturated heterocycles. The van der Waals surface area contributed by atoms with Crippen molar-refractivity contribution in [1.82, 2.24) is 0 Å². The van der Waals surface area contributed by atoms with Gasteiger partial charge in [-0.05, 0) is 43.2 Å². The molecule has 0 N–H and O–H groups in total. The maximum Gasteiger partial charge on any atom is 0.165 e. The Bertz CT molecular complexity index is 340. The largest absolute Gasteiger partial charge is 0.487 e. The quantitative estimate of drug-likeness (QED) is 0.734. The summed E-state index contributed by atoms with van der Waals surface area (Å²) in [5, 5.41) is 0. The Balaban J connectivity index is 2.02. The van der Waals surface area contributed by atoms with E-state index in [2.05, 4.69) is 13.8 Å². The summed E-state index contributed by atoms with van der Waals surface area (Å²) < 4.78 is 19.2. The molecule has 0 aromatic heterocycles. The Hall–Kier alpha value is -1.05. The number of hydrogen-bond donors (Lipinski definition) is 0. The van der Waals surface area contributed by atoms with Crippen molar-refractivity contribution in [3.05, 3.63) is 30.1 Å². The lowest BCUT2D eigenvalue weighted by Crippen LogP contribution is -2.28. The maximum atomic E-state index is 13.4. The third kappa shape index (κ3) is 2.75. The second-order valence-corrected chi connectivity index (χ2v) is 5.09. The van der Waals surface area contributed by atoms with E-state index in [1.54, 1.807) is 12.1 Å². The van der Waals surface area contributed by atoms with Gasteiger partial charge in [-0.1, -0.05) is 26.0 Å². The maximum absolute atomic E-state index is 13.4. The molecule has 0 amide bonds. The van der Waals surface area contributed by atoms with Gasteiger partial charge in [-0.3, -0.25) is 0 Å². The van der Waals surface area contributed by atoms with Gasteiger partial charge in [-0.15, -0.1) is 0 Å². The minimum atomic E-state index is -0.256. The number of ether oxygens (including phenoxy) is 1. The molecular weight excluding hydrogens is 203 g/mol. The first-order valence-corrected chi connectivity index (χ1v) is 6.06. The molecule has 1 aromatic rings. The van der Waals surface area contributed by atoms with Gasteiger partial charge in [0.1, 0.15) is 0 Å². The molecule has 1 nitrogen and oxygen atoms in total. The van der Waals surface area contributed by atoms with Crippen LogP contribution in [0.3, 0.4) is 0 Å². The predicted molar refractivity (Wildman–Crippen MR) is 63.0 cm³/mol. The minimum Gasteiger partial charge on any atom is -0.487 e. The van der Waals surface area contributed by atoms with Crippen LogP contribution in [-0.4, -0.2) is 6.10 Å². The smallest absolute Gasteiger partial charge is 0.165 e. The van der Waals surface area contributed by atoms with Crippen LogP contribution in [0.5, 0.6) is 5.75 Å². The van der Waals surface area contributed by atoms with Crippen molar-refractivity contribution >= 4 is 0 Å². The van der Waals surface area contributed by atoms with Crippen LogP contribution in [0.25, 0.3) is 0 Å². The van der Waals surface area contributed by atoms with Gasteiger partial charge in [0.25, 0.3) is 0 Å². The van der Waals surface area contributed by atoms with E-state index in [0.717, 1.165) is 12.8 Å². The fourth-order valence-corrected chi connectivity index (χ4v) is 2.69. The highest BCUT2D eigenvalue weighted by Crippen LogP contribution is 2.31. The molecule has 2 heteroatoms. The molecule has 0 bridgehead atoms. The first-order valence-electron chi connectivity index (χ1n) is 6.06. The number of rotatable bonds is 2. The third-order valence-electron chi connectivity index (χ3n) is 3.27. The fourth-order valence-electron chi connectivity index (χ4n) is 2.69. The van der Waals surface area contributed by atoms with E-state index >= 15 is 0 Å². The molecule has 0 spiro atoms. The van der Waals surface area contributed by atoms with Gasteiger partial charge in [-0.2, -0.15) is 0 Å². The number of benzene rings is 1. The Morgan fingerprint density at radius 3 is 2.31 bits per heavy atom. The van der Waals surface area contributed by atoms with Crippen molar-refractivity contribution in [2.75, 3.05) is 0 Å². The number of para-hydroxylation sites is 1. The van der Waals surface area contributed by atoms with Crippen LogP contribution >= 0.6 is 0 Å². The molecule has 1 aliphatic rings. The average molecular weight is 222 g/mol. The molecule has 0 heterocycles. The molecule has 2 rings (SSSR count). The normalized spacial score (nSPS) is 30.1. The summed E-state index contributed by atoms with van der Waals surface area (Å²) in [7, 11) is 0. The van der Waals surface area contributed by atoms with Gasteiger partial charge in [0.05, 0.1) is 6.10 Å². The van der Waals surface area contributed by atoms with Gasteiger partial charge in [-0.25, -0.2) is 4.39 Å². The zero-order chi connectivity index (χ0) is 11.5. The molecule has 1 saturated carbocycles. The lowest BCUT2D eigenvalue weighted by molar-refractivity contribution is 0.0970. The summed E-state index contributed by atoms with van der Waals surface area (Å²) in [4.78, 5) is 0. The lowest BCUT2D eigenvalue weighted by Gasteiger charge is -2.31. The van der Waals surface area contributed by atoms with Gasteiger partial charge in [0.2, 0.25) is 0 Å². The van der Waals surface area contributed by atoms with E-state index < -0.39 is 0 Å². The van der Waals surface area contributed by atoms with Crippen molar-refractivity contribution in [2.24, 2.45) is 11.8 Å². The fraction of sp³-hybridized carbons (Fsp3) is 0.571. The number of halogens is 1. The molecule has 88 valence electrons. The Morgan fingerprint density at radius 1 is 1.06 bits per heavy atom. The Morgan fingerprint density at radius 2 is 1.69 bits per heavy atom. The zero-order valence-electron chi connectivity index (χ0n) is 9.95. The summed E-state index contributed by atoms with van der Waals surface area (Å²) in [6.07, 6.45) is 3.52. The second kappa shape index (κ2) is 4.86. The SMILES string of the molecule is CC1CC(C)CC(Oc2ccccc2F)C1. The van der Waals surface area contributed by atoms with Crippen LogP contribution in [-0.2, 0) is 0 Å². The summed E-state index contributed by atoms with van der Waals surface area (Å²) in [5.74, 6) is 1.50. The summed E-state index contributed by atoms with van der Waals surface area (Å²) in [6.45, 7) is 4.49. The molecular formula is C14H19FO. The highest BCUT2D eigenvalue weighted by atomic mass is 19.1. The van der Waals surface area contributed by atoms with E-state index in [1.165, 1.54) is 12.5 Å². The van der Waals surface area contributed by atoms with E-state index in [1.807, 2.05) is 6.07 Å². The van der Waals surface area contributed by atoms with Crippen LogP contribution < -0.4 is 4.74 Å². The highest BCUT2D eigenvalue weighted by Gasteiger charge is 2.25. The van der Waals surface area contributed by atoms with Gasteiger partial charge >= 0.3 is 0 Å². The van der Waals surface area contributed by atoms with Crippen molar-refractivity contribution in [1.29, 1.82) is 0 Å². The monoisotopic (exact) mass is 222 g/mol. The first kappa shape index (κ1) is 11.4. The van der Waals surface area contributed by atoms with Crippen LogP contribution in [0.15, 0.2) is 24.3 Å². The summed E-state index contributed by atoms with van der Waals surface area (Å²) in [5.41, 5.74) is 0. The van der Waals surface area contributed by atoms with E-state index in [4.69, 9.17) is 4.74 Å². The summed E-state index contributed by atoms with van der Waals surface area (Å²) >= 11 is 0. The van der Waals surface area contributed by atoms with Gasteiger partial charge in [0, 0.05) is 0 Å². The Labute approximate surface area is 96.6 Å².